The Balaban J connectivity index is 1.80. The second-order valence-corrected chi connectivity index (χ2v) is 8.67. The molecular weight excluding hydrogens is 343 g/mol. The lowest BCUT2D eigenvalue weighted by Crippen LogP contribution is -2.46. The number of phenols is 1. The molecular formula is C19H30ClFN2O2. The Morgan fingerprint density at radius 1 is 1.36 bits per heavy atom. The molecule has 1 aromatic rings. The summed E-state index contributed by atoms with van der Waals surface area (Å²) in [6.07, 6.45) is -0.0530. The predicted octanol–water partition coefficient (Wildman–Crippen LogP) is 3.72. The molecule has 4 nitrogen and oxygen atoms in total. The standard InChI is InChI=1S/C19H30ClFN2O2/c1-19(2,3)5-7-23-6-4-13(17(21)12-23)11-22-18(25)14-8-15(20)10-16(24)9-14/h8-10,13,17-18,22,24-25H,4-7,11-12H2,1-3H3/t13-,17-,18?/m1/s1. The van der Waals surface area contributed by atoms with Gasteiger partial charge in [-0.1, -0.05) is 32.4 Å². The molecule has 0 amide bonds. The molecule has 1 aliphatic heterocycles. The minimum Gasteiger partial charge on any atom is -0.508 e. The molecule has 1 aromatic carbocycles. The summed E-state index contributed by atoms with van der Waals surface area (Å²) in [5.74, 6) is -0.118. The van der Waals surface area contributed by atoms with Gasteiger partial charge in [0.1, 0.15) is 18.1 Å². The van der Waals surface area contributed by atoms with Crippen molar-refractivity contribution in [3.8, 4) is 5.75 Å². The SMILES string of the molecule is CC(C)(C)CCN1CC[C@H](CNC(O)c2cc(O)cc(Cl)c2)[C@H](F)C1. The molecule has 142 valence electrons. The van der Waals surface area contributed by atoms with Gasteiger partial charge in [-0.25, -0.2) is 4.39 Å². The van der Waals surface area contributed by atoms with Crippen LogP contribution in [0.4, 0.5) is 4.39 Å². The summed E-state index contributed by atoms with van der Waals surface area (Å²) in [5, 5.41) is 23.1. The maximum absolute atomic E-state index is 14.5. The lowest BCUT2D eigenvalue weighted by molar-refractivity contribution is 0.0617. The molecule has 0 aliphatic carbocycles. The van der Waals surface area contributed by atoms with Gasteiger partial charge < -0.3 is 15.1 Å². The van der Waals surface area contributed by atoms with E-state index in [1.807, 2.05) is 0 Å². The van der Waals surface area contributed by atoms with Crippen LogP contribution in [-0.4, -0.2) is 47.5 Å². The highest BCUT2D eigenvalue weighted by Gasteiger charge is 2.29. The molecule has 0 spiro atoms. The van der Waals surface area contributed by atoms with E-state index < -0.39 is 12.4 Å². The van der Waals surface area contributed by atoms with Crippen molar-refractivity contribution in [3.05, 3.63) is 28.8 Å². The van der Waals surface area contributed by atoms with Gasteiger partial charge >= 0.3 is 0 Å². The topological polar surface area (TPSA) is 55.7 Å². The number of nitrogens with zero attached hydrogens (tertiary/aromatic N) is 1. The fourth-order valence-corrected chi connectivity index (χ4v) is 3.32. The Labute approximate surface area is 155 Å². The molecule has 1 heterocycles. The van der Waals surface area contributed by atoms with Crippen molar-refractivity contribution in [2.24, 2.45) is 11.3 Å². The van der Waals surface area contributed by atoms with Gasteiger partial charge in [-0.05, 0) is 49.5 Å². The Morgan fingerprint density at radius 3 is 2.68 bits per heavy atom. The molecule has 0 saturated carbocycles. The fourth-order valence-electron chi connectivity index (χ4n) is 3.08. The fraction of sp³-hybridized carbons (Fsp3) is 0.684. The van der Waals surface area contributed by atoms with Crippen molar-refractivity contribution in [3.63, 3.8) is 0 Å². The van der Waals surface area contributed by atoms with Gasteiger partial charge in [0, 0.05) is 29.6 Å². The molecule has 25 heavy (non-hydrogen) atoms. The minimum atomic E-state index is -0.976. The van der Waals surface area contributed by atoms with Gasteiger partial charge in [-0.15, -0.1) is 0 Å². The second-order valence-electron chi connectivity index (χ2n) is 8.23. The van der Waals surface area contributed by atoms with Gasteiger partial charge in [0.25, 0.3) is 0 Å². The lowest BCUT2D eigenvalue weighted by atomic mass is 9.90. The first-order chi connectivity index (χ1) is 11.6. The van der Waals surface area contributed by atoms with Crippen LogP contribution in [0.5, 0.6) is 5.75 Å². The second kappa shape index (κ2) is 8.67. The molecule has 0 bridgehead atoms. The number of aromatic hydroxyl groups is 1. The summed E-state index contributed by atoms with van der Waals surface area (Å²) in [7, 11) is 0. The normalized spacial score (nSPS) is 23.6. The molecule has 6 heteroatoms. The van der Waals surface area contributed by atoms with E-state index in [4.69, 9.17) is 11.6 Å². The number of hydrogen-bond acceptors (Lipinski definition) is 4. The highest BCUT2D eigenvalue weighted by Crippen LogP contribution is 2.26. The number of phenolic OH excluding ortho intramolecular Hbond substituents is 1. The van der Waals surface area contributed by atoms with E-state index in [0.29, 0.717) is 23.7 Å². The summed E-state index contributed by atoms with van der Waals surface area (Å²) in [5.41, 5.74) is 0.736. The Bertz CT molecular complexity index is 545. The summed E-state index contributed by atoms with van der Waals surface area (Å²) < 4.78 is 14.5. The van der Waals surface area contributed by atoms with Crippen molar-refractivity contribution >= 4 is 11.6 Å². The van der Waals surface area contributed by atoms with Gasteiger partial charge in [0.2, 0.25) is 0 Å². The van der Waals surface area contributed by atoms with Crippen molar-refractivity contribution < 1.29 is 14.6 Å². The molecule has 1 fully saturated rings. The zero-order valence-corrected chi connectivity index (χ0v) is 16.1. The third-order valence-electron chi connectivity index (χ3n) is 4.73. The molecule has 0 aromatic heterocycles. The van der Waals surface area contributed by atoms with E-state index in [1.54, 1.807) is 6.07 Å². The summed E-state index contributed by atoms with van der Waals surface area (Å²) >= 11 is 5.88. The van der Waals surface area contributed by atoms with Crippen LogP contribution in [0.15, 0.2) is 18.2 Å². The molecule has 2 rings (SSSR count). The number of piperidine rings is 1. The largest absolute Gasteiger partial charge is 0.508 e. The van der Waals surface area contributed by atoms with Crippen LogP contribution < -0.4 is 5.32 Å². The number of nitrogens with one attached hydrogen (secondary N) is 1. The van der Waals surface area contributed by atoms with Gasteiger partial charge in [-0.3, -0.25) is 5.32 Å². The monoisotopic (exact) mass is 372 g/mol. The van der Waals surface area contributed by atoms with E-state index in [9.17, 15) is 14.6 Å². The first-order valence-corrected chi connectivity index (χ1v) is 9.29. The highest BCUT2D eigenvalue weighted by molar-refractivity contribution is 6.30. The molecule has 1 unspecified atom stereocenters. The number of alkyl halides is 1. The highest BCUT2D eigenvalue weighted by atomic mass is 35.5. The van der Waals surface area contributed by atoms with E-state index in [-0.39, 0.29) is 17.1 Å². The zero-order chi connectivity index (χ0) is 18.6. The summed E-state index contributed by atoms with van der Waals surface area (Å²) in [6, 6.07) is 4.44. The quantitative estimate of drug-likeness (QED) is 0.666. The predicted molar refractivity (Wildman–Crippen MR) is 99.6 cm³/mol. The maximum atomic E-state index is 14.5. The van der Waals surface area contributed by atoms with Crippen LogP contribution in [0.2, 0.25) is 5.02 Å². The average Bonchev–Trinajstić information content (AvgIpc) is 2.50. The maximum Gasteiger partial charge on any atom is 0.131 e. The number of hydrogen-bond donors (Lipinski definition) is 3. The van der Waals surface area contributed by atoms with E-state index in [0.717, 1.165) is 25.9 Å². The van der Waals surface area contributed by atoms with Gasteiger partial charge in [0.05, 0.1) is 0 Å². The van der Waals surface area contributed by atoms with Gasteiger partial charge in [-0.2, -0.15) is 0 Å². The zero-order valence-electron chi connectivity index (χ0n) is 15.3. The third-order valence-corrected chi connectivity index (χ3v) is 4.95. The number of likely N-dealkylation sites (tertiary alicyclic amines) is 1. The smallest absolute Gasteiger partial charge is 0.131 e. The van der Waals surface area contributed by atoms with Crippen LogP contribution in [0, 0.1) is 11.3 Å². The van der Waals surface area contributed by atoms with E-state index >= 15 is 0 Å². The van der Waals surface area contributed by atoms with Crippen molar-refractivity contribution in [1.82, 2.24) is 10.2 Å². The van der Waals surface area contributed by atoms with Crippen LogP contribution in [0.1, 0.15) is 45.4 Å². The summed E-state index contributed by atoms with van der Waals surface area (Å²) in [4.78, 5) is 2.19. The van der Waals surface area contributed by atoms with Crippen molar-refractivity contribution in [1.29, 1.82) is 0 Å². The minimum absolute atomic E-state index is 0.00104. The van der Waals surface area contributed by atoms with Crippen LogP contribution in [0.25, 0.3) is 0 Å². The Morgan fingerprint density at radius 2 is 2.08 bits per heavy atom. The number of halogens is 2. The molecule has 0 radical (unpaired) electrons. The Kier molecular flexibility index (Phi) is 7.09. The van der Waals surface area contributed by atoms with E-state index in [2.05, 4.69) is 31.0 Å². The molecule has 3 N–H and O–H groups in total. The number of aliphatic hydroxyl groups is 1. The number of rotatable bonds is 6. The average molecular weight is 373 g/mol. The Hall–Kier alpha value is -0.880. The molecule has 3 atom stereocenters. The van der Waals surface area contributed by atoms with Gasteiger partial charge in [0.15, 0.2) is 0 Å². The first kappa shape index (κ1) is 20.4. The molecule has 1 aliphatic rings. The van der Waals surface area contributed by atoms with Crippen molar-refractivity contribution in [2.45, 2.75) is 46.0 Å². The summed E-state index contributed by atoms with van der Waals surface area (Å²) in [6.45, 7) is 9.26. The third kappa shape index (κ3) is 6.74. The molecule has 1 saturated heterocycles. The number of aliphatic hydroxyl groups excluding tert-OH is 1. The van der Waals surface area contributed by atoms with Crippen LogP contribution in [-0.2, 0) is 0 Å². The number of benzene rings is 1. The lowest BCUT2D eigenvalue weighted by Gasteiger charge is -2.36. The first-order valence-electron chi connectivity index (χ1n) is 8.91. The van der Waals surface area contributed by atoms with Crippen LogP contribution in [0.3, 0.4) is 0 Å². The van der Waals surface area contributed by atoms with Crippen molar-refractivity contribution in [2.75, 3.05) is 26.2 Å². The van der Waals surface area contributed by atoms with E-state index in [1.165, 1.54) is 12.1 Å². The van der Waals surface area contributed by atoms with Crippen LogP contribution >= 0.6 is 11.6 Å².